The molecule has 1 aliphatic carbocycles. The number of nitrogens with zero attached hydrogens (tertiary/aromatic N) is 2. The molecule has 0 unspecified atom stereocenters. The summed E-state index contributed by atoms with van der Waals surface area (Å²) in [6.45, 7) is 4.16. The van der Waals surface area contributed by atoms with Crippen LogP contribution in [0.15, 0.2) is 28.9 Å². The van der Waals surface area contributed by atoms with Crippen molar-refractivity contribution in [3.05, 3.63) is 40.1 Å². The van der Waals surface area contributed by atoms with E-state index in [1.807, 2.05) is 6.92 Å². The molecule has 20 heavy (non-hydrogen) atoms. The lowest BCUT2D eigenvalue weighted by Gasteiger charge is -2.16. The summed E-state index contributed by atoms with van der Waals surface area (Å²) in [5, 5.41) is 3.61. The van der Waals surface area contributed by atoms with Gasteiger partial charge in [0.05, 0.1) is 11.4 Å². The number of hydrogen-bond acceptors (Lipinski definition) is 2. The first kappa shape index (κ1) is 13.7. The van der Waals surface area contributed by atoms with Crippen molar-refractivity contribution < 1.29 is 0 Å². The molecule has 0 bridgehead atoms. The average molecular weight is 334 g/mol. The van der Waals surface area contributed by atoms with Crippen molar-refractivity contribution in [2.24, 2.45) is 0 Å². The molecule has 0 saturated heterocycles. The third-order valence-corrected chi connectivity index (χ3v) is 4.55. The Morgan fingerprint density at radius 2 is 2.00 bits per heavy atom. The number of hydrogen-bond donors (Lipinski definition) is 1. The molecule has 1 aliphatic rings. The number of anilines is 1. The fourth-order valence-electron chi connectivity index (χ4n) is 2.84. The number of benzene rings is 1. The van der Waals surface area contributed by atoms with Gasteiger partial charge in [0.2, 0.25) is 5.95 Å². The first-order valence-electron chi connectivity index (χ1n) is 7.22. The molecule has 0 atom stereocenters. The van der Waals surface area contributed by atoms with Crippen molar-refractivity contribution in [3.63, 3.8) is 0 Å². The molecule has 1 saturated carbocycles. The lowest BCUT2D eigenvalue weighted by molar-refractivity contribution is 0.740. The number of imidazole rings is 1. The van der Waals surface area contributed by atoms with Gasteiger partial charge in [-0.3, -0.25) is 4.57 Å². The largest absolute Gasteiger partial charge is 0.353 e. The lowest BCUT2D eigenvalue weighted by atomic mass is 10.2. The van der Waals surface area contributed by atoms with E-state index in [0.29, 0.717) is 6.04 Å². The van der Waals surface area contributed by atoms with Gasteiger partial charge in [0.25, 0.3) is 0 Å². The molecule has 3 nitrogen and oxygen atoms in total. The van der Waals surface area contributed by atoms with E-state index in [2.05, 4.69) is 62.1 Å². The van der Waals surface area contributed by atoms with Gasteiger partial charge in [-0.25, -0.2) is 4.98 Å². The zero-order valence-corrected chi connectivity index (χ0v) is 13.6. The quantitative estimate of drug-likeness (QED) is 0.889. The summed E-state index contributed by atoms with van der Waals surface area (Å²) < 4.78 is 3.25. The van der Waals surface area contributed by atoms with E-state index in [-0.39, 0.29) is 0 Å². The van der Waals surface area contributed by atoms with Gasteiger partial charge in [0, 0.05) is 16.7 Å². The molecular formula is C16H20BrN3. The number of aryl methyl sites for hydroxylation is 2. The highest BCUT2D eigenvalue weighted by Crippen LogP contribution is 2.28. The van der Waals surface area contributed by atoms with Crippen LogP contribution in [-0.4, -0.2) is 15.6 Å². The van der Waals surface area contributed by atoms with Crippen molar-refractivity contribution >= 4 is 21.9 Å². The molecule has 4 heteroatoms. The van der Waals surface area contributed by atoms with Gasteiger partial charge in [-0.1, -0.05) is 18.9 Å². The molecule has 1 aromatic carbocycles. The second-order valence-corrected chi connectivity index (χ2v) is 6.51. The Labute approximate surface area is 128 Å². The van der Waals surface area contributed by atoms with Crippen molar-refractivity contribution in [2.45, 2.75) is 45.6 Å². The van der Waals surface area contributed by atoms with E-state index >= 15 is 0 Å². The van der Waals surface area contributed by atoms with Crippen LogP contribution in [0.4, 0.5) is 5.95 Å². The number of aromatic nitrogens is 2. The Kier molecular flexibility index (Phi) is 3.83. The van der Waals surface area contributed by atoms with E-state index in [1.165, 1.54) is 31.2 Å². The Balaban J connectivity index is 1.97. The second-order valence-electron chi connectivity index (χ2n) is 5.66. The molecule has 3 rings (SSSR count). The minimum absolute atomic E-state index is 0.569. The van der Waals surface area contributed by atoms with Crippen LogP contribution in [-0.2, 0) is 0 Å². The average Bonchev–Trinajstić information content (AvgIpc) is 3.03. The summed E-state index contributed by atoms with van der Waals surface area (Å²) in [6, 6.07) is 6.96. The van der Waals surface area contributed by atoms with E-state index in [4.69, 9.17) is 0 Å². The maximum atomic E-state index is 4.65. The topological polar surface area (TPSA) is 29.9 Å². The summed E-state index contributed by atoms with van der Waals surface area (Å²) in [5.41, 5.74) is 3.44. The molecule has 1 aromatic heterocycles. The van der Waals surface area contributed by atoms with Gasteiger partial charge >= 0.3 is 0 Å². The molecular weight excluding hydrogens is 314 g/mol. The first-order chi connectivity index (χ1) is 9.63. The number of halogens is 1. The molecule has 0 radical (unpaired) electrons. The third kappa shape index (κ3) is 2.75. The highest BCUT2D eigenvalue weighted by Gasteiger charge is 2.18. The molecule has 2 aromatic rings. The van der Waals surface area contributed by atoms with Crippen LogP contribution < -0.4 is 5.32 Å². The monoisotopic (exact) mass is 333 g/mol. The van der Waals surface area contributed by atoms with Crippen LogP contribution in [0.5, 0.6) is 0 Å². The van der Waals surface area contributed by atoms with Gasteiger partial charge in [-0.2, -0.15) is 0 Å². The molecule has 1 heterocycles. The van der Waals surface area contributed by atoms with Gasteiger partial charge in [0.15, 0.2) is 0 Å². The Morgan fingerprint density at radius 1 is 1.25 bits per heavy atom. The van der Waals surface area contributed by atoms with Crippen molar-refractivity contribution in [1.29, 1.82) is 0 Å². The second kappa shape index (κ2) is 5.60. The first-order valence-corrected chi connectivity index (χ1v) is 8.02. The Bertz CT molecular complexity index is 612. The van der Waals surface area contributed by atoms with Crippen LogP contribution in [0, 0.1) is 13.8 Å². The van der Waals surface area contributed by atoms with Crippen molar-refractivity contribution in [2.75, 3.05) is 5.32 Å². The zero-order chi connectivity index (χ0) is 14.1. The van der Waals surface area contributed by atoms with Crippen molar-refractivity contribution in [1.82, 2.24) is 9.55 Å². The smallest absolute Gasteiger partial charge is 0.207 e. The van der Waals surface area contributed by atoms with E-state index < -0.39 is 0 Å². The number of rotatable bonds is 3. The van der Waals surface area contributed by atoms with Gasteiger partial charge < -0.3 is 5.32 Å². The van der Waals surface area contributed by atoms with Crippen LogP contribution in [0.25, 0.3) is 5.69 Å². The highest BCUT2D eigenvalue weighted by molar-refractivity contribution is 9.10. The van der Waals surface area contributed by atoms with Crippen LogP contribution in [0.3, 0.4) is 0 Å². The summed E-state index contributed by atoms with van der Waals surface area (Å²) in [4.78, 5) is 4.65. The van der Waals surface area contributed by atoms with Gasteiger partial charge in [0.1, 0.15) is 0 Å². The number of nitrogens with one attached hydrogen (secondary N) is 1. The van der Waals surface area contributed by atoms with Crippen LogP contribution in [0.2, 0.25) is 0 Å². The summed E-state index contributed by atoms with van der Waals surface area (Å²) in [5.74, 6) is 0.959. The van der Waals surface area contributed by atoms with E-state index in [1.54, 1.807) is 0 Å². The summed E-state index contributed by atoms with van der Waals surface area (Å²) in [7, 11) is 0. The van der Waals surface area contributed by atoms with Crippen LogP contribution >= 0.6 is 15.9 Å². The zero-order valence-electron chi connectivity index (χ0n) is 12.0. The fraction of sp³-hybridized carbons (Fsp3) is 0.438. The molecule has 1 N–H and O–H groups in total. The molecule has 106 valence electrons. The Morgan fingerprint density at radius 3 is 2.75 bits per heavy atom. The Hall–Kier alpha value is -1.29. The minimum Gasteiger partial charge on any atom is -0.353 e. The van der Waals surface area contributed by atoms with Crippen molar-refractivity contribution in [3.8, 4) is 5.69 Å². The minimum atomic E-state index is 0.569. The third-order valence-electron chi connectivity index (χ3n) is 3.88. The van der Waals surface area contributed by atoms with E-state index in [9.17, 15) is 0 Å². The van der Waals surface area contributed by atoms with Gasteiger partial charge in [-0.05, 0) is 60.3 Å². The fourth-order valence-corrected chi connectivity index (χ4v) is 3.28. The molecule has 0 spiro atoms. The predicted octanol–water partition coefficient (Wildman–Crippen LogP) is 4.61. The standard InChI is InChI=1S/C16H20BrN3/c1-11-7-8-14(17)15(9-11)20-10-12(2)18-16(20)19-13-5-3-4-6-13/h7-10,13H,3-6H2,1-2H3,(H,18,19). The van der Waals surface area contributed by atoms with Gasteiger partial charge in [-0.15, -0.1) is 0 Å². The summed E-state index contributed by atoms with van der Waals surface area (Å²) >= 11 is 3.65. The normalized spacial score (nSPS) is 15.8. The SMILES string of the molecule is Cc1ccc(Br)c(-n2cc(C)nc2NC2CCCC2)c1. The van der Waals surface area contributed by atoms with Crippen LogP contribution in [0.1, 0.15) is 36.9 Å². The molecule has 1 fully saturated rings. The maximum absolute atomic E-state index is 4.65. The maximum Gasteiger partial charge on any atom is 0.207 e. The molecule has 0 amide bonds. The lowest BCUT2D eigenvalue weighted by Crippen LogP contribution is -2.17. The predicted molar refractivity (Wildman–Crippen MR) is 86.6 cm³/mol. The molecule has 0 aliphatic heterocycles. The van der Waals surface area contributed by atoms with E-state index in [0.717, 1.165) is 21.8 Å². The highest BCUT2D eigenvalue weighted by atomic mass is 79.9. The summed E-state index contributed by atoms with van der Waals surface area (Å²) in [6.07, 6.45) is 7.25.